The highest BCUT2D eigenvalue weighted by atomic mass is 79.9. The van der Waals surface area contributed by atoms with E-state index in [1.54, 1.807) is 12.1 Å². The number of hydrogen-bond donors (Lipinski definition) is 1. The van der Waals surface area contributed by atoms with Gasteiger partial charge in [-0.25, -0.2) is 4.39 Å². The van der Waals surface area contributed by atoms with Crippen LogP contribution in [0.15, 0.2) is 22.7 Å². The molecule has 0 amide bonds. The zero-order valence-corrected chi connectivity index (χ0v) is 14.5. The zero-order valence-electron chi connectivity index (χ0n) is 13.0. The molecular weight excluding hydrogens is 329 g/mol. The highest BCUT2D eigenvalue weighted by molar-refractivity contribution is 9.10. The molecule has 3 unspecified atom stereocenters. The van der Waals surface area contributed by atoms with Crippen molar-refractivity contribution in [1.29, 1.82) is 0 Å². The summed E-state index contributed by atoms with van der Waals surface area (Å²) in [5.74, 6) is 1.59. The average Bonchev–Trinajstić information content (AvgIpc) is 3.02. The Labute approximate surface area is 135 Å². The molecule has 2 bridgehead atoms. The van der Waals surface area contributed by atoms with E-state index in [1.807, 2.05) is 6.07 Å². The van der Waals surface area contributed by atoms with Crippen molar-refractivity contribution in [3.8, 4) is 0 Å². The summed E-state index contributed by atoms with van der Waals surface area (Å²) >= 11 is 3.48. The third-order valence-corrected chi connectivity index (χ3v) is 6.01. The summed E-state index contributed by atoms with van der Waals surface area (Å²) in [6.45, 7) is 5.42. The van der Waals surface area contributed by atoms with Crippen LogP contribution in [0.3, 0.4) is 0 Å². The second-order valence-electron chi connectivity index (χ2n) is 7.39. The van der Waals surface area contributed by atoms with Crippen LogP contribution in [0.25, 0.3) is 0 Å². The Balaban J connectivity index is 1.84. The number of rotatable bonds is 5. The Kier molecular flexibility index (Phi) is 4.42. The fourth-order valence-electron chi connectivity index (χ4n) is 4.52. The normalized spacial score (nSPS) is 31.3. The summed E-state index contributed by atoms with van der Waals surface area (Å²) in [4.78, 5) is 0. The summed E-state index contributed by atoms with van der Waals surface area (Å²) in [5, 5.41) is 3.63. The van der Waals surface area contributed by atoms with Crippen molar-refractivity contribution < 1.29 is 4.39 Å². The number of fused-ring (bicyclic) bond motifs is 2. The molecule has 2 fully saturated rings. The molecule has 1 nitrogen and oxygen atoms in total. The fraction of sp³-hybridized carbons (Fsp3) is 0.667. The summed E-state index contributed by atoms with van der Waals surface area (Å²) in [7, 11) is 0. The molecule has 3 rings (SSSR count). The SMILES string of the molecule is CC(C)NCC1(Cc2cc(Br)ccc2F)CC2CCC1C2. The lowest BCUT2D eigenvalue weighted by molar-refractivity contribution is 0.151. The van der Waals surface area contributed by atoms with Crippen molar-refractivity contribution in [3.63, 3.8) is 0 Å². The number of hydrogen-bond acceptors (Lipinski definition) is 1. The third-order valence-electron chi connectivity index (χ3n) is 5.52. The first-order chi connectivity index (χ1) is 9.98. The number of nitrogens with one attached hydrogen (secondary N) is 1. The van der Waals surface area contributed by atoms with Crippen molar-refractivity contribution >= 4 is 15.9 Å². The molecule has 1 N–H and O–H groups in total. The van der Waals surface area contributed by atoms with Gasteiger partial charge in [0, 0.05) is 17.1 Å². The van der Waals surface area contributed by atoms with Gasteiger partial charge in [-0.2, -0.15) is 0 Å². The van der Waals surface area contributed by atoms with E-state index >= 15 is 0 Å². The fourth-order valence-corrected chi connectivity index (χ4v) is 4.93. The van der Waals surface area contributed by atoms with Crippen molar-refractivity contribution in [1.82, 2.24) is 5.32 Å². The summed E-state index contributed by atoms with van der Waals surface area (Å²) < 4.78 is 15.2. The smallest absolute Gasteiger partial charge is 0.126 e. The van der Waals surface area contributed by atoms with Gasteiger partial charge in [0.1, 0.15) is 5.82 Å². The largest absolute Gasteiger partial charge is 0.314 e. The Morgan fingerprint density at radius 3 is 2.81 bits per heavy atom. The second kappa shape index (κ2) is 6.00. The monoisotopic (exact) mass is 353 g/mol. The van der Waals surface area contributed by atoms with E-state index in [0.29, 0.717) is 6.04 Å². The van der Waals surface area contributed by atoms with E-state index in [-0.39, 0.29) is 11.2 Å². The topological polar surface area (TPSA) is 12.0 Å². The van der Waals surface area contributed by atoms with Gasteiger partial charge in [-0.1, -0.05) is 36.2 Å². The van der Waals surface area contributed by atoms with Crippen molar-refractivity contribution in [2.75, 3.05) is 6.54 Å². The van der Waals surface area contributed by atoms with Crippen molar-refractivity contribution in [3.05, 3.63) is 34.1 Å². The molecule has 2 saturated carbocycles. The Bertz CT molecular complexity index is 516. The number of halogens is 2. The Morgan fingerprint density at radius 1 is 1.38 bits per heavy atom. The first-order valence-corrected chi connectivity index (χ1v) is 8.95. The van der Waals surface area contributed by atoms with Crippen LogP contribution in [0.1, 0.15) is 45.1 Å². The van der Waals surface area contributed by atoms with Crippen LogP contribution >= 0.6 is 15.9 Å². The van der Waals surface area contributed by atoms with Crippen LogP contribution < -0.4 is 5.32 Å². The van der Waals surface area contributed by atoms with Gasteiger partial charge in [-0.3, -0.25) is 0 Å². The molecule has 3 heteroatoms. The van der Waals surface area contributed by atoms with Gasteiger partial charge in [0.25, 0.3) is 0 Å². The maximum atomic E-state index is 14.2. The van der Waals surface area contributed by atoms with Gasteiger partial charge in [0.2, 0.25) is 0 Å². The van der Waals surface area contributed by atoms with Gasteiger partial charge in [-0.05, 0) is 66.7 Å². The molecule has 116 valence electrons. The predicted molar refractivity (Wildman–Crippen MR) is 88.8 cm³/mol. The third kappa shape index (κ3) is 3.19. The molecule has 0 radical (unpaired) electrons. The second-order valence-corrected chi connectivity index (χ2v) is 8.31. The number of benzene rings is 1. The highest BCUT2D eigenvalue weighted by Gasteiger charge is 2.50. The minimum atomic E-state index is -0.0510. The molecule has 0 aliphatic heterocycles. The van der Waals surface area contributed by atoms with Crippen LogP contribution in [0, 0.1) is 23.1 Å². The first kappa shape index (κ1) is 15.5. The molecule has 2 aliphatic rings. The minimum Gasteiger partial charge on any atom is -0.314 e. The Morgan fingerprint density at radius 2 is 2.19 bits per heavy atom. The van der Waals surface area contributed by atoms with Crippen molar-refractivity contribution in [2.24, 2.45) is 17.3 Å². The van der Waals surface area contributed by atoms with Gasteiger partial charge in [0.05, 0.1) is 0 Å². The van der Waals surface area contributed by atoms with Crippen LogP contribution in [0.5, 0.6) is 0 Å². The molecule has 0 spiro atoms. The predicted octanol–water partition coefficient (Wildman–Crippen LogP) is 4.94. The molecule has 3 atom stereocenters. The maximum absolute atomic E-state index is 14.2. The average molecular weight is 354 g/mol. The van der Waals surface area contributed by atoms with Crippen LogP contribution in [0.2, 0.25) is 0 Å². The molecule has 1 aromatic rings. The molecular formula is C18H25BrFN. The van der Waals surface area contributed by atoms with E-state index in [2.05, 4.69) is 35.1 Å². The lowest BCUT2D eigenvalue weighted by Gasteiger charge is -2.39. The van der Waals surface area contributed by atoms with Crippen LogP contribution in [-0.2, 0) is 6.42 Å². The molecule has 0 heterocycles. The maximum Gasteiger partial charge on any atom is 0.126 e. The Hall–Kier alpha value is -0.410. The molecule has 21 heavy (non-hydrogen) atoms. The van der Waals surface area contributed by atoms with Gasteiger partial charge in [-0.15, -0.1) is 0 Å². The summed E-state index contributed by atoms with van der Waals surface area (Å²) in [6.07, 6.45) is 6.22. The van der Waals surface area contributed by atoms with Gasteiger partial charge >= 0.3 is 0 Å². The molecule has 1 aromatic carbocycles. The standard InChI is InChI=1S/C18H25BrFN/c1-12(2)21-11-18(9-13-3-4-15(18)7-13)10-14-8-16(19)5-6-17(14)20/h5-6,8,12-13,15,21H,3-4,7,9-11H2,1-2H3. The summed E-state index contributed by atoms with van der Waals surface area (Å²) in [5.41, 5.74) is 1.14. The van der Waals surface area contributed by atoms with E-state index in [4.69, 9.17) is 0 Å². The lowest BCUT2D eigenvalue weighted by Crippen LogP contribution is -2.42. The molecule has 0 aromatic heterocycles. The van der Waals surface area contributed by atoms with Crippen LogP contribution in [-0.4, -0.2) is 12.6 Å². The molecule has 2 aliphatic carbocycles. The van der Waals surface area contributed by atoms with E-state index in [1.165, 1.54) is 25.7 Å². The minimum absolute atomic E-state index is 0.0510. The van der Waals surface area contributed by atoms with Crippen molar-refractivity contribution in [2.45, 2.75) is 52.0 Å². The zero-order chi connectivity index (χ0) is 15.0. The first-order valence-electron chi connectivity index (χ1n) is 8.16. The van der Waals surface area contributed by atoms with E-state index in [9.17, 15) is 4.39 Å². The quantitative estimate of drug-likeness (QED) is 0.790. The molecule has 0 saturated heterocycles. The summed E-state index contributed by atoms with van der Waals surface area (Å²) in [6, 6.07) is 5.85. The van der Waals surface area contributed by atoms with Gasteiger partial charge < -0.3 is 5.32 Å². The highest BCUT2D eigenvalue weighted by Crippen LogP contribution is 2.57. The van der Waals surface area contributed by atoms with Gasteiger partial charge in [0.15, 0.2) is 0 Å². The van der Waals surface area contributed by atoms with E-state index < -0.39 is 0 Å². The lowest BCUT2D eigenvalue weighted by atomic mass is 9.69. The van der Waals surface area contributed by atoms with E-state index in [0.717, 1.165) is 34.8 Å². The van der Waals surface area contributed by atoms with Crippen LogP contribution in [0.4, 0.5) is 4.39 Å².